The third-order valence-corrected chi connectivity index (χ3v) is 2.53. The van der Waals surface area contributed by atoms with Gasteiger partial charge in [-0.15, -0.1) is 0 Å². The van der Waals surface area contributed by atoms with Crippen LogP contribution in [-0.4, -0.2) is 23.3 Å². The van der Waals surface area contributed by atoms with Crippen molar-refractivity contribution in [1.29, 1.82) is 0 Å². The smallest absolute Gasteiger partial charge is 0.304 e. The van der Waals surface area contributed by atoms with Crippen molar-refractivity contribution in [2.24, 2.45) is 0 Å². The number of ether oxygens (including phenoxy) is 1. The van der Waals surface area contributed by atoms with E-state index in [0.717, 1.165) is 0 Å². The number of phenolic OH excluding ortho intramolecular Hbond substituents is 1. The van der Waals surface area contributed by atoms with Crippen molar-refractivity contribution in [2.75, 3.05) is 7.11 Å². The molecule has 0 saturated carbocycles. The molecule has 0 aromatic heterocycles. The van der Waals surface area contributed by atoms with E-state index in [1.54, 1.807) is 26.0 Å². The Morgan fingerprint density at radius 3 is 2.50 bits per heavy atom. The van der Waals surface area contributed by atoms with Gasteiger partial charge in [-0.25, -0.2) is 0 Å². The van der Waals surface area contributed by atoms with Gasteiger partial charge < -0.3 is 14.9 Å². The fraction of sp³-hybridized carbons (Fsp3) is 0.417. The molecular weight excluding hydrogens is 208 g/mol. The summed E-state index contributed by atoms with van der Waals surface area (Å²) < 4.78 is 4.97. The highest BCUT2D eigenvalue weighted by Gasteiger charge is 2.27. The van der Waals surface area contributed by atoms with E-state index < -0.39 is 11.4 Å². The molecule has 0 aliphatic rings. The molecule has 0 radical (unpaired) electrons. The van der Waals surface area contributed by atoms with Crippen LogP contribution in [0.15, 0.2) is 18.2 Å². The van der Waals surface area contributed by atoms with Crippen molar-refractivity contribution >= 4 is 5.97 Å². The molecule has 0 fully saturated rings. The van der Waals surface area contributed by atoms with E-state index in [1.165, 1.54) is 13.2 Å². The molecule has 0 aliphatic heterocycles. The van der Waals surface area contributed by atoms with E-state index in [2.05, 4.69) is 0 Å². The molecule has 4 heteroatoms. The van der Waals surface area contributed by atoms with Gasteiger partial charge in [0.2, 0.25) is 0 Å². The van der Waals surface area contributed by atoms with Gasteiger partial charge in [-0.2, -0.15) is 0 Å². The van der Waals surface area contributed by atoms with Gasteiger partial charge in [0.25, 0.3) is 0 Å². The monoisotopic (exact) mass is 224 g/mol. The first-order valence-electron chi connectivity index (χ1n) is 4.96. The van der Waals surface area contributed by atoms with Crippen LogP contribution in [0.25, 0.3) is 0 Å². The van der Waals surface area contributed by atoms with Gasteiger partial charge in [-0.1, -0.05) is 19.9 Å². The van der Waals surface area contributed by atoms with Crippen molar-refractivity contribution in [3.63, 3.8) is 0 Å². The van der Waals surface area contributed by atoms with Gasteiger partial charge >= 0.3 is 5.97 Å². The van der Waals surface area contributed by atoms with E-state index in [4.69, 9.17) is 9.84 Å². The number of aromatic hydroxyl groups is 1. The Balaban J connectivity index is 3.08. The van der Waals surface area contributed by atoms with Crippen molar-refractivity contribution in [1.82, 2.24) is 0 Å². The molecular formula is C12H16O4. The van der Waals surface area contributed by atoms with Gasteiger partial charge in [-0.05, 0) is 6.07 Å². The molecule has 0 aliphatic carbocycles. The number of carboxylic acids is 1. The van der Waals surface area contributed by atoms with Gasteiger partial charge in [0.1, 0.15) is 11.5 Å². The summed E-state index contributed by atoms with van der Waals surface area (Å²) in [5, 5.41) is 18.6. The molecule has 0 amide bonds. The van der Waals surface area contributed by atoms with Crippen molar-refractivity contribution in [3.05, 3.63) is 23.8 Å². The standard InChI is InChI=1S/C12H16O4/c1-12(2,7-11(14)15)9-5-4-8(16-3)6-10(9)13/h4-6,13H,7H2,1-3H3,(H,14,15). The molecule has 1 rings (SSSR count). The van der Waals surface area contributed by atoms with Crippen LogP contribution in [0.4, 0.5) is 0 Å². The highest BCUT2D eigenvalue weighted by atomic mass is 16.5. The van der Waals surface area contributed by atoms with Crippen LogP contribution in [0.2, 0.25) is 0 Å². The maximum absolute atomic E-state index is 10.7. The van der Waals surface area contributed by atoms with E-state index in [0.29, 0.717) is 11.3 Å². The minimum Gasteiger partial charge on any atom is -0.508 e. The van der Waals surface area contributed by atoms with E-state index in [9.17, 15) is 9.90 Å². The summed E-state index contributed by atoms with van der Waals surface area (Å²) in [4.78, 5) is 10.7. The minimum atomic E-state index is -0.889. The molecule has 1 aromatic carbocycles. The molecule has 0 atom stereocenters. The SMILES string of the molecule is COc1ccc(C(C)(C)CC(=O)O)c(O)c1. The summed E-state index contributed by atoms with van der Waals surface area (Å²) in [5.74, 6) is -0.279. The molecule has 4 nitrogen and oxygen atoms in total. The first kappa shape index (κ1) is 12.4. The van der Waals surface area contributed by atoms with Crippen LogP contribution in [0.1, 0.15) is 25.8 Å². The predicted molar refractivity (Wildman–Crippen MR) is 59.9 cm³/mol. The fourth-order valence-electron chi connectivity index (χ4n) is 1.68. The predicted octanol–water partition coefficient (Wildman–Crippen LogP) is 2.15. The van der Waals surface area contributed by atoms with Gasteiger partial charge in [-0.3, -0.25) is 4.79 Å². The third kappa shape index (κ3) is 2.66. The molecule has 0 spiro atoms. The normalized spacial score (nSPS) is 11.2. The number of carbonyl (C=O) groups is 1. The van der Waals surface area contributed by atoms with Crippen LogP contribution in [0.3, 0.4) is 0 Å². The first-order valence-corrected chi connectivity index (χ1v) is 4.96. The Labute approximate surface area is 94.5 Å². The van der Waals surface area contributed by atoms with Gasteiger partial charge in [0.15, 0.2) is 0 Å². The van der Waals surface area contributed by atoms with Crippen LogP contribution in [0, 0.1) is 0 Å². The highest BCUT2D eigenvalue weighted by molar-refractivity contribution is 5.69. The lowest BCUT2D eigenvalue weighted by molar-refractivity contribution is -0.138. The number of aliphatic carboxylic acids is 1. The number of benzene rings is 1. The Morgan fingerprint density at radius 2 is 2.06 bits per heavy atom. The zero-order valence-corrected chi connectivity index (χ0v) is 9.65. The lowest BCUT2D eigenvalue weighted by atomic mass is 9.81. The average molecular weight is 224 g/mol. The van der Waals surface area contributed by atoms with Crippen molar-refractivity contribution in [3.8, 4) is 11.5 Å². The van der Waals surface area contributed by atoms with Crippen LogP contribution in [-0.2, 0) is 10.2 Å². The molecule has 1 aromatic rings. The lowest BCUT2D eigenvalue weighted by Gasteiger charge is -2.24. The highest BCUT2D eigenvalue weighted by Crippen LogP contribution is 2.35. The number of hydrogen-bond acceptors (Lipinski definition) is 3. The van der Waals surface area contributed by atoms with Crippen molar-refractivity contribution in [2.45, 2.75) is 25.7 Å². The summed E-state index contributed by atoms with van der Waals surface area (Å²) in [6.07, 6.45) is -0.0348. The van der Waals surface area contributed by atoms with Crippen LogP contribution in [0.5, 0.6) is 11.5 Å². The molecule has 0 heterocycles. The Bertz CT molecular complexity index is 396. The maximum Gasteiger partial charge on any atom is 0.304 e. The molecule has 16 heavy (non-hydrogen) atoms. The minimum absolute atomic E-state index is 0.0348. The topological polar surface area (TPSA) is 66.8 Å². The number of rotatable bonds is 4. The number of phenols is 1. The van der Waals surface area contributed by atoms with Gasteiger partial charge in [0, 0.05) is 17.0 Å². The summed E-state index contributed by atoms with van der Waals surface area (Å²) in [7, 11) is 1.51. The average Bonchev–Trinajstić information content (AvgIpc) is 2.14. The quantitative estimate of drug-likeness (QED) is 0.822. The Hall–Kier alpha value is -1.71. The molecule has 0 saturated heterocycles. The fourth-order valence-corrected chi connectivity index (χ4v) is 1.68. The third-order valence-electron chi connectivity index (χ3n) is 2.53. The van der Waals surface area contributed by atoms with E-state index in [1.807, 2.05) is 0 Å². The Morgan fingerprint density at radius 1 is 1.44 bits per heavy atom. The second-order valence-electron chi connectivity index (χ2n) is 4.34. The summed E-state index contributed by atoms with van der Waals surface area (Å²) in [5.41, 5.74) is -0.00181. The second kappa shape index (κ2) is 4.43. The van der Waals surface area contributed by atoms with Crippen LogP contribution < -0.4 is 4.74 Å². The van der Waals surface area contributed by atoms with Crippen LogP contribution >= 0.6 is 0 Å². The molecule has 2 N–H and O–H groups in total. The second-order valence-corrected chi connectivity index (χ2v) is 4.34. The maximum atomic E-state index is 10.7. The van der Waals surface area contributed by atoms with E-state index in [-0.39, 0.29) is 12.2 Å². The van der Waals surface area contributed by atoms with E-state index >= 15 is 0 Å². The summed E-state index contributed by atoms with van der Waals surface area (Å²) in [6, 6.07) is 4.88. The molecule has 0 bridgehead atoms. The number of hydrogen-bond donors (Lipinski definition) is 2. The number of methoxy groups -OCH3 is 1. The number of carboxylic acid groups (broad SMARTS) is 1. The first-order chi connectivity index (χ1) is 7.36. The lowest BCUT2D eigenvalue weighted by Crippen LogP contribution is -2.21. The van der Waals surface area contributed by atoms with Crippen molar-refractivity contribution < 1.29 is 19.7 Å². The van der Waals surface area contributed by atoms with Gasteiger partial charge in [0.05, 0.1) is 13.5 Å². The molecule has 88 valence electrons. The largest absolute Gasteiger partial charge is 0.508 e. The molecule has 0 unspecified atom stereocenters. The summed E-state index contributed by atoms with van der Waals surface area (Å²) >= 11 is 0. The summed E-state index contributed by atoms with van der Waals surface area (Å²) in [6.45, 7) is 3.56. The zero-order chi connectivity index (χ0) is 12.3. The Kier molecular flexibility index (Phi) is 3.42. The zero-order valence-electron chi connectivity index (χ0n) is 9.65.